The fourth-order valence-corrected chi connectivity index (χ4v) is 3.47. The van der Waals surface area contributed by atoms with E-state index in [-0.39, 0.29) is 11.5 Å². The van der Waals surface area contributed by atoms with E-state index in [9.17, 15) is 0 Å². The van der Waals surface area contributed by atoms with Crippen molar-refractivity contribution >= 4 is 23.1 Å². The second kappa shape index (κ2) is 6.42. The Hall–Kier alpha value is -0.980. The highest BCUT2D eigenvalue weighted by atomic mass is 35.5. The monoisotopic (exact) mass is 327 g/mol. The summed E-state index contributed by atoms with van der Waals surface area (Å²) in [6.45, 7) is 9.48. The van der Waals surface area contributed by atoms with Crippen LogP contribution in [0.1, 0.15) is 56.4 Å². The molecule has 1 N–H and O–H groups in total. The second-order valence-corrected chi connectivity index (χ2v) is 7.32. The van der Waals surface area contributed by atoms with Gasteiger partial charge in [-0.2, -0.15) is 5.10 Å². The molecule has 0 fully saturated rings. The molecule has 0 saturated heterocycles. The number of hydrogen-bond acceptors (Lipinski definition) is 5. The highest BCUT2D eigenvalue weighted by molar-refractivity contribution is 7.05. The minimum Gasteiger partial charge on any atom is -0.304 e. The van der Waals surface area contributed by atoms with Crippen LogP contribution in [0.5, 0.6) is 0 Å². The number of hydrogen-bond donors (Lipinski definition) is 1. The summed E-state index contributed by atoms with van der Waals surface area (Å²) >= 11 is 7.77. The van der Waals surface area contributed by atoms with Crippen LogP contribution in [0, 0.1) is 0 Å². The average molecular weight is 328 g/mol. The Labute approximate surface area is 134 Å². The van der Waals surface area contributed by atoms with E-state index in [2.05, 4.69) is 47.7 Å². The molecule has 2 heterocycles. The molecule has 0 aliphatic rings. The number of halogens is 1. The Bertz CT molecular complexity index is 579. The highest BCUT2D eigenvalue weighted by Crippen LogP contribution is 2.35. The van der Waals surface area contributed by atoms with Gasteiger partial charge in [-0.15, -0.1) is 5.10 Å². The van der Waals surface area contributed by atoms with E-state index in [1.807, 2.05) is 11.7 Å². The molecule has 2 aromatic rings. The molecule has 0 aromatic carbocycles. The van der Waals surface area contributed by atoms with Crippen molar-refractivity contribution in [3.05, 3.63) is 27.5 Å². The van der Waals surface area contributed by atoms with Gasteiger partial charge in [-0.25, -0.2) is 0 Å². The first-order valence-electron chi connectivity index (χ1n) is 7.09. The molecular formula is C14H22ClN5S. The van der Waals surface area contributed by atoms with Gasteiger partial charge in [-0.05, 0) is 24.5 Å². The van der Waals surface area contributed by atoms with Crippen LogP contribution in [0.3, 0.4) is 0 Å². The maximum absolute atomic E-state index is 6.34. The first kappa shape index (κ1) is 16.4. The molecule has 116 valence electrons. The Morgan fingerprint density at radius 1 is 1.43 bits per heavy atom. The largest absolute Gasteiger partial charge is 0.304 e. The summed E-state index contributed by atoms with van der Waals surface area (Å²) in [5, 5.41) is 12.8. The van der Waals surface area contributed by atoms with Gasteiger partial charge < -0.3 is 5.32 Å². The van der Waals surface area contributed by atoms with Crippen LogP contribution in [0.25, 0.3) is 0 Å². The van der Waals surface area contributed by atoms with E-state index < -0.39 is 0 Å². The lowest BCUT2D eigenvalue weighted by Crippen LogP contribution is -2.27. The van der Waals surface area contributed by atoms with Gasteiger partial charge in [0.1, 0.15) is 0 Å². The van der Waals surface area contributed by atoms with Crippen LogP contribution >= 0.6 is 23.1 Å². The molecule has 0 bridgehead atoms. The molecule has 1 unspecified atom stereocenters. The van der Waals surface area contributed by atoms with Crippen molar-refractivity contribution < 1.29 is 0 Å². The van der Waals surface area contributed by atoms with Crippen molar-refractivity contribution in [1.29, 1.82) is 0 Å². The molecule has 0 saturated carbocycles. The quantitative estimate of drug-likeness (QED) is 0.915. The molecule has 5 nitrogen and oxygen atoms in total. The van der Waals surface area contributed by atoms with Crippen LogP contribution < -0.4 is 5.32 Å². The molecule has 1 atom stereocenters. The molecular weight excluding hydrogens is 306 g/mol. The summed E-state index contributed by atoms with van der Waals surface area (Å²) in [6.07, 6.45) is 2.73. The highest BCUT2D eigenvalue weighted by Gasteiger charge is 2.30. The molecule has 2 rings (SSSR count). The molecule has 21 heavy (non-hydrogen) atoms. The first-order chi connectivity index (χ1) is 9.86. The number of nitrogens with one attached hydrogen (secondary N) is 1. The minimum absolute atomic E-state index is 0.0285. The van der Waals surface area contributed by atoms with Crippen LogP contribution in [0.2, 0.25) is 5.02 Å². The zero-order chi connectivity index (χ0) is 15.6. The topological polar surface area (TPSA) is 55.6 Å². The van der Waals surface area contributed by atoms with Gasteiger partial charge in [-0.1, -0.05) is 43.8 Å². The Morgan fingerprint density at radius 3 is 2.67 bits per heavy atom. The Balaban J connectivity index is 2.49. The zero-order valence-electron chi connectivity index (χ0n) is 13.1. The number of aryl methyl sites for hydroxylation is 1. The zero-order valence-corrected chi connectivity index (χ0v) is 14.7. The summed E-state index contributed by atoms with van der Waals surface area (Å²) in [5.74, 6) is 0. The molecule has 2 aromatic heterocycles. The van der Waals surface area contributed by atoms with Gasteiger partial charge in [0.25, 0.3) is 0 Å². The summed E-state index contributed by atoms with van der Waals surface area (Å²) in [6, 6.07) is -0.0285. The van der Waals surface area contributed by atoms with Crippen molar-refractivity contribution in [2.24, 2.45) is 7.05 Å². The van der Waals surface area contributed by atoms with E-state index in [1.54, 1.807) is 6.20 Å². The van der Waals surface area contributed by atoms with E-state index in [1.165, 1.54) is 11.5 Å². The summed E-state index contributed by atoms with van der Waals surface area (Å²) in [7, 11) is 1.91. The number of aromatic nitrogens is 4. The fourth-order valence-electron chi connectivity index (χ4n) is 2.25. The molecule has 7 heteroatoms. The summed E-state index contributed by atoms with van der Waals surface area (Å²) in [4.78, 5) is 1.11. The summed E-state index contributed by atoms with van der Waals surface area (Å²) < 4.78 is 5.99. The molecule has 0 amide bonds. The maximum Gasteiger partial charge on any atom is 0.0892 e. The predicted octanol–water partition coefficient (Wildman–Crippen LogP) is 3.31. The molecule has 0 aliphatic heterocycles. The van der Waals surface area contributed by atoms with E-state index in [4.69, 9.17) is 11.6 Å². The third-order valence-electron chi connectivity index (χ3n) is 3.30. The van der Waals surface area contributed by atoms with Crippen molar-refractivity contribution in [2.45, 2.75) is 45.6 Å². The van der Waals surface area contributed by atoms with Crippen LogP contribution in [-0.4, -0.2) is 25.9 Å². The predicted molar refractivity (Wildman–Crippen MR) is 87.0 cm³/mol. The van der Waals surface area contributed by atoms with Gasteiger partial charge in [0.2, 0.25) is 0 Å². The van der Waals surface area contributed by atoms with Gasteiger partial charge in [0.15, 0.2) is 0 Å². The first-order valence-corrected chi connectivity index (χ1v) is 8.25. The molecule has 0 spiro atoms. The van der Waals surface area contributed by atoms with Crippen LogP contribution in [0.15, 0.2) is 6.20 Å². The molecule has 0 aliphatic carbocycles. The van der Waals surface area contributed by atoms with Crippen LogP contribution in [-0.2, 0) is 12.5 Å². The third kappa shape index (κ3) is 3.44. The van der Waals surface area contributed by atoms with Gasteiger partial charge >= 0.3 is 0 Å². The van der Waals surface area contributed by atoms with E-state index >= 15 is 0 Å². The minimum atomic E-state index is -0.0560. The number of rotatable bonds is 5. The van der Waals surface area contributed by atoms with Crippen molar-refractivity contribution in [2.75, 3.05) is 6.54 Å². The van der Waals surface area contributed by atoms with E-state index in [0.717, 1.165) is 29.2 Å². The van der Waals surface area contributed by atoms with Crippen LogP contribution in [0.4, 0.5) is 0 Å². The van der Waals surface area contributed by atoms with Crippen molar-refractivity contribution in [3.8, 4) is 0 Å². The lowest BCUT2D eigenvalue weighted by atomic mass is 9.89. The standard InChI is InChI=1S/C14H22ClN5S/c1-6-7-16-10(11-9(15)8-17-20(11)5)12-13(14(2,3)4)18-19-21-12/h8,10,16H,6-7H2,1-5H3. The third-order valence-corrected chi connectivity index (χ3v) is 4.38. The lowest BCUT2D eigenvalue weighted by molar-refractivity contribution is 0.522. The van der Waals surface area contributed by atoms with Crippen molar-refractivity contribution in [1.82, 2.24) is 24.7 Å². The Kier molecular flexibility index (Phi) is 5.01. The fraction of sp³-hybridized carbons (Fsp3) is 0.643. The molecule has 0 radical (unpaired) electrons. The average Bonchev–Trinajstić information content (AvgIpc) is 3.00. The number of nitrogens with zero attached hydrogens (tertiary/aromatic N) is 4. The van der Waals surface area contributed by atoms with Crippen molar-refractivity contribution in [3.63, 3.8) is 0 Å². The maximum atomic E-state index is 6.34. The summed E-state index contributed by atoms with van der Waals surface area (Å²) in [5.41, 5.74) is 1.92. The SMILES string of the molecule is CCCNC(c1snnc1C(C)(C)C)c1c(Cl)cnn1C. The second-order valence-electron chi connectivity index (χ2n) is 6.12. The van der Waals surface area contributed by atoms with E-state index in [0.29, 0.717) is 5.02 Å². The lowest BCUT2D eigenvalue weighted by Gasteiger charge is -2.23. The normalized spacial score (nSPS) is 13.6. The van der Waals surface area contributed by atoms with Gasteiger partial charge in [0.05, 0.1) is 33.5 Å². The van der Waals surface area contributed by atoms with Gasteiger partial charge in [-0.3, -0.25) is 4.68 Å². The van der Waals surface area contributed by atoms with Gasteiger partial charge in [0, 0.05) is 12.5 Å². The Morgan fingerprint density at radius 2 is 2.14 bits per heavy atom. The smallest absolute Gasteiger partial charge is 0.0892 e.